The van der Waals surface area contributed by atoms with Crippen LogP contribution in [0.25, 0.3) is 0 Å². The van der Waals surface area contributed by atoms with Gasteiger partial charge in [-0.3, -0.25) is 4.79 Å². The fourth-order valence-electron chi connectivity index (χ4n) is 0.581. The Labute approximate surface area is 63.4 Å². The first-order valence-electron chi connectivity index (χ1n) is 4.18. The molecule has 0 fully saturated rings. The number of carbonyl (C=O) groups excluding carboxylic acids is 1. The number of primary amides is 1. The fourth-order valence-corrected chi connectivity index (χ4v) is 0.581. The van der Waals surface area contributed by atoms with Crippen molar-refractivity contribution < 1.29 is 6.17 Å². The van der Waals surface area contributed by atoms with Crippen LogP contribution in [-0.4, -0.2) is 19.0 Å². The molecule has 0 saturated carbocycles. The molecule has 3 N–H and O–H groups in total. The molecule has 0 unspecified atom stereocenters. The Bertz CT molecular complexity index is 119. The lowest BCUT2D eigenvalue weighted by atomic mass is 10.2. The van der Waals surface area contributed by atoms with Gasteiger partial charge in [0.25, 0.3) is 0 Å². The van der Waals surface area contributed by atoms with Gasteiger partial charge in [0.2, 0.25) is 5.91 Å². The lowest BCUT2D eigenvalue weighted by molar-refractivity contribution is -0.117. The number of hydrogen-bond donors (Lipinski definition) is 2. The first kappa shape index (κ1) is 7.54. The number of hydrogen-bond acceptors (Lipinski definition) is 2. The highest BCUT2D eigenvalue weighted by molar-refractivity contribution is 5.75. The van der Waals surface area contributed by atoms with Gasteiger partial charge in [-0.1, -0.05) is 19.8 Å². The summed E-state index contributed by atoms with van der Waals surface area (Å²) in [5.74, 6) is -0.404. The van der Waals surface area contributed by atoms with E-state index in [1.807, 2.05) is 0 Å². The van der Waals surface area contributed by atoms with E-state index in [-0.39, 0.29) is 13.1 Å². The van der Waals surface area contributed by atoms with Gasteiger partial charge in [-0.05, 0) is 12.9 Å². The van der Waals surface area contributed by atoms with Crippen LogP contribution in [0.3, 0.4) is 0 Å². The van der Waals surface area contributed by atoms with Crippen molar-refractivity contribution in [3.05, 3.63) is 0 Å². The number of nitrogens with two attached hydrogens (primary N) is 1. The maximum atomic E-state index is 10.3. The minimum absolute atomic E-state index is 0.109. The van der Waals surface area contributed by atoms with Gasteiger partial charge < -0.3 is 11.1 Å². The molecule has 0 aromatic heterocycles. The summed E-state index contributed by atoms with van der Waals surface area (Å²) in [6.45, 7) is 1.83. The van der Waals surface area contributed by atoms with E-state index in [0.717, 1.165) is 19.3 Å². The Morgan fingerprint density at radius 1 is 1.70 bits per heavy atom. The first-order chi connectivity index (χ1) is 5.16. The van der Waals surface area contributed by atoms with Gasteiger partial charge in [0, 0.05) is 1.37 Å². The summed E-state index contributed by atoms with van der Waals surface area (Å²) >= 11 is 0. The summed E-state index contributed by atoms with van der Waals surface area (Å²) in [6, 6.07) is 0. The highest BCUT2D eigenvalue weighted by Gasteiger charge is 1.90. The first-order valence-corrected chi connectivity index (χ1v) is 3.60. The molecule has 0 aliphatic carbocycles. The van der Waals surface area contributed by atoms with E-state index in [9.17, 15) is 4.79 Å². The van der Waals surface area contributed by atoms with Crippen molar-refractivity contribution in [3.63, 3.8) is 0 Å². The van der Waals surface area contributed by atoms with Crippen LogP contribution in [0.1, 0.15) is 27.6 Å². The third kappa shape index (κ3) is 7.43. The van der Waals surface area contributed by atoms with E-state index < -0.39 is 5.91 Å². The van der Waals surface area contributed by atoms with Gasteiger partial charge in [0.1, 0.15) is 0 Å². The summed E-state index contributed by atoms with van der Waals surface area (Å²) in [6.07, 6.45) is 2.87. The monoisotopic (exact) mass is 145 g/mol. The molecule has 0 saturated heterocycles. The molecule has 0 aromatic rings. The van der Waals surface area contributed by atoms with Crippen LogP contribution >= 0.6 is 0 Å². The van der Waals surface area contributed by atoms with E-state index in [4.69, 9.17) is 7.10 Å². The van der Waals surface area contributed by atoms with Crippen molar-refractivity contribution in [2.45, 2.75) is 26.2 Å². The Kier molecular flexibility index (Phi) is 4.94. The lowest BCUT2D eigenvalue weighted by Gasteiger charge is -1.99. The highest BCUT2D eigenvalue weighted by Crippen LogP contribution is 1.90. The molecule has 0 rings (SSSR count). The van der Waals surface area contributed by atoms with Crippen LogP contribution in [0.2, 0.25) is 0 Å². The van der Waals surface area contributed by atoms with Gasteiger partial charge in [0.15, 0.2) is 0 Å². The molecular formula is C7H16N2O. The molecule has 0 spiro atoms. The minimum Gasteiger partial charge on any atom is -0.369 e. The van der Waals surface area contributed by atoms with E-state index in [0.29, 0.717) is 0 Å². The number of unbranched alkanes of at least 4 members (excludes halogenated alkanes) is 1. The topological polar surface area (TPSA) is 55.1 Å². The Morgan fingerprint density at radius 3 is 2.90 bits per heavy atom. The molecule has 0 aliphatic rings. The van der Waals surface area contributed by atoms with Crippen molar-refractivity contribution in [1.82, 2.24) is 5.32 Å². The zero-order valence-corrected chi connectivity index (χ0v) is 6.39. The zero-order valence-electron chi connectivity index (χ0n) is 7.39. The summed E-state index contributed by atoms with van der Waals surface area (Å²) < 4.78 is 7.35. The molecule has 0 bridgehead atoms. The van der Waals surface area contributed by atoms with Gasteiger partial charge in [0.05, 0.1) is 6.54 Å². The lowest BCUT2D eigenvalue weighted by Crippen LogP contribution is -2.29. The summed E-state index contributed by atoms with van der Waals surface area (Å²) in [7, 11) is 0. The van der Waals surface area contributed by atoms with Gasteiger partial charge in [-0.2, -0.15) is 0 Å². The Hall–Kier alpha value is -0.570. The number of carbonyl (C=O) groups is 1. The van der Waals surface area contributed by atoms with Gasteiger partial charge in [-0.15, -0.1) is 0 Å². The molecule has 0 aromatic carbocycles. The van der Waals surface area contributed by atoms with E-state index in [1.54, 1.807) is 0 Å². The summed E-state index contributed by atoms with van der Waals surface area (Å²) in [5.41, 5.74) is 4.88. The Morgan fingerprint density at radius 2 is 2.40 bits per heavy atom. The van der Waals surface area contributed by atoms with Crippen LogP contribution in [0, 0.1) is 0 Å². The molecule has 60 valence electrons. The average Bonchev–Trinajstić information content (AvgIpc) is 1.97. The summed E-state index contributed by atoms with van der Waals surface area (Å²) in [4.78, 5) is 10.3. The van der Waals surface area contributed by atoms with Crippen molar-refractivity contribution in [2.24, 2.45) is 5.73 Å². The molecule has 1 atom stereocenters. The second-order valence-electron chi connectivity index (χ2n) is 2.19. The van der Waals surface area contributed by atoms with Crippen molar-refractivity contribution in [1.29, 1.82) is 0 Å². The molecule has 0 aliphatic heterocycles. The fraction of sp³-hybridized carbons (Fsp3) is 0.857. The van der Waals surface area contributed by atoms with Crippen molar-refractivity contribution in [3.8, 4) is 0 Å². The van der Waals surface area contributed by atoms with Crippen molar-refractivity contribution in [2.75, 3.05) is 13.1 Å². The highest BCUT2D eigenvalue weighted by atomic mass is 16.1. The standard InChI is InChI=1S/C7H16N2O/c1-2-3-4-5-9-6-7(8)10/h9H,2-6H2,1H3,(H2,8,10)/i5D/t5-/m0/s1. The maximum absolute atomic E-state index is 10.3. The zero-order chi connectivity index (χ0) is 8.69. The van der Waals surface area contributed by atoms with Crippen LogP contribution in [0.4, 0.5) is 0 Å². The summed E-state index contributed by atoms with van der Waals surface area (Å²) in [5, 5.41) is 2.71. The van der Waals surface area contributed by atoms with Crippen LogP contribution in [0.5, 0.6) is 0 Å². The Balaban J connectivity index is 3.22. The molecule has 3 heteroatoms. The quantitative estimate of drug-likeness (QED) is 0.563. The third-order valence-corrected chi connectivity index (χ3v) is 1.12. The largest absolute Gasteiger partial charge is 0.369 e. The predicted molar refractivity (Wildman–Crippen MR) is 41.6 cm³/mol. The second-order valence-corrected chi connectivity index (χ2v) is 2.19. The maximum Gasteiger partial charge on any atom is 0.231 e. The molecule has 10 heavy (non-hydrogen) atoms. The molecule has 0 radical (unpaired) electrons. The minimum atomic E-state index is -0.404. The SMILES string of the molecule is [2H][C@@H](CCCC)NCC(N)=O. The smallest absolute Gasteiger partial charge is 0.231 e. The van der Waals surface area contributed by atoms with Crippen LogP contribution in [-0.2, 0) is 4.79 Å². The van der Waals surface area contributed by atoms with Gasteiger partial charge in [-0.25, -0.2) is 0 Å². The number of rotatable bonds is 6. The average molecular weight is 145 g/mol. The molecule has 0 heterocycles. The molecular weight excluding hydrogens is 128 g/mol. The molecule has 1 amide bonds. The van der Waals surface area contributed by atoms with E-state index in [1.165, 1.54) is 0 Å². The normalized spacial score (nSPS) is 14.3. The van der Waals surface area contributed by atoms with E-state index >= 15 is 0 Å². The number of amides is 1. The number of nitrogens with one attached hydrogen (secondary N) is 1. The van der Waals surface area contributed by atoms with Gasteiger partial charge >= 0.3 is 0 Å². The van der Waals surface area contributed by atoms with Crippen LogP contribution in [0.15, 0.2) is 0 Å². The predicted octanol–water partition coefficient (Wildman–Crippen LogP) is 0.252. The van der Waals surface area contributed by atoms with Crippen LogP contribution < -0.4 is 11.1 Å². The third-order valence-electron chi connectivity index (χ3n) is 1.12. The second kappa shape index (κ2) is 6.55. The molecule has 3 nitrogen and oxygen atoms in total. The van der Waals surface area contributed by atoms with E-state index in [2.05, 4.69) is 12.2 Å². The van der Waals surface area contributed by atoms with Crippen molar-refractivity contribution >= 4 is 5.91 Å².